The first-order valence-electron chi connectivity index (χ1n) is 8.83. The smallest absolute Gasteiger partial charge is 0.131 e. The second-order valence-corrected chi connectivity index (χ2v) is 5.88. The van der Waals surface area contributed by atoms with E-state index >= 15 is 0 Å². The van der Waals surface area contributed by atoms with Gasteiger partial charge in [0.25, 0.3) is 0 Å². The maximum atomic E-state index is 14.4. The van der Waals surface area contributed by atoms with Crippen molar-refractivity contribution in [2.45, 2.75) is 48.0 Å². The molecule has 0 fully saturated rings. The third-order valence-electron chi connectivity index (χ3n) is 4.05. The lowest BCUT2D eigenvalue weighted by Gasteiger charge is -2.08. The minimum absolute atomic E-state index is 0.313. The van der Waals surface area contributed by atoms with Crippen molar-refractivity contribution >= 4 is 5.57 Å². The molecule has 0 spiro atoms. The third-order valence-corrected chi connectivity index (χ3v) is 4.05. The van der Waals surface area contributed by atoms with Crippen LogP contribution in [0.15, 0.2) is 59.9 Å². The fourth-order valence-electron chi connectivity index (χ4n) is 2.28. The predicted molar refractivity (Wildman–Crippen MR) is 106 cm³/mol. The van der Waals surface area contributed by atoms with Crippen LogP contribution < -0.4 is 0 Å². The Morgan fingerprint density at radius 1 is 1.00 bits per heavy atom. The molecule has 2 aromatic rings. The minimum atomic E-state index is -0.338. The fraction of sp³-hybridized carbons (Fsp3) is 0.304. The number of halogens is 2. The van der Waals surface area contributed by atoms with Crippen LogP contribution in [-0.2, 0) is 0 Å². The van der Waals surface area contributed by atoms with E-state index in [0.29, 0.717) is 16.7 Å². The Bertz CT molecular complexity index is 750. The van der Waals surface area contributed by atoms with Gasteiger partial charge in [0.05, 0.1) is 0 Å². The highest BCUT2D eigenvalue weighted by atomic mass is 19.1. The zero-order chi connectivity index (χ0) is 19.0. The second kappa shape index (κ2) is 9.93. The van der Waals surface area contributed by atoms with Crippen LogP contribution in [0.5, 0.6) is 0 Å². The Morgan fingerprint density at radius 2 is 1.60 bits per heavy atom. The largest absolute Gasteiger partial charge is 0.207 e. The molecule has 134 valence electrons. The molecule has 0 radical (unpaired) electrons. The van der Waals surface area contributed by atoms with Crippen LogP contribution in [0.25, 0.3) is 16.7 Å². The van der Waals surface area contributed by atoms with E-state index < -0.39 is 0 Å². The van der Waals surface area contributed by atoms with Crippen molar-refractivity contribution in [1.82, 2.24) is 0 Å². The molecule has 0 atom stereocenters. The van der Waals surface area contributed by atoms with Crippen LogP contribution in [0, 0.1) is 12.7 Å². The molecule has 0 nitrogen and oxygen atoms in total. The molecular formula is C23H28F2. The van der Waals surface area contributed by atoms with Crippen molar-refractivity contribution in [2.75, 3.05) is 0 Å². The quantitative estimate of drug-likeness (QED) is 0.496. The molecule has 0 bridgehead atoms. The minimum Gasteiger partial charge on any atom is -0.207 e. The summed E-state index contributed by atoms with van der Waals surface area (Å²) in [4.78, 5) is 0. The highest BCUT2D eigenvalue weighted by Crippen LogP contribution is 2.28. The standard InChI is InChI=1S/C21H22F2.C2H6/c1-5-14(2)12-20(22)16(4)18-10-11-19(21(23)13-18)17-8-6-15(3)7-9-17;1-2/h6-13H,5H2,1-4H3;1-2H3/b14-12-,20-16-;. The number of hydrogen-bond acceptors (Lipinski definition) is 0. The van der Waals surface area contributed by atoms with Gasteiger partial charge in [0.2, 0.25) is 0 Å². The maximum Gasteiger partial charge on any atom is 0.131 e. The number of allylic oxidation sites excluding steroid dienone is 4. The highest BCUT2D eigenvalue weighted by molar-refractivity contribution is 5.72. The van der Waals surface area contributed by atoms with Gasteiger partial charge < -0.3 is 0 Å². The molecule has 0 unspecified atom stereocenters. The van der Waals surface area contributed by atoms with Crippen molar-refractivity contribution in [3.05, 3.63) is 76.9 Å². The van der Waals surface area contributed by atoms with Crippen LogP contribution in [0.2, 0.25) is 0 Å². The van der Waals surface area contributed by atoms with Gasteiger partial charge in [-0.3, -0.25) is 0 Å². The molecule has 2 rings (SSSR count). The molecule has 2 aromatic carbocycles. The Kier molecular flexibility index (Phi) is 8.27. The molecule has 0 N–H and O–H groups in total. The van der Waals surface area contributed by atoms with Gasteiger partial charge in [0, 0.05) is 5.56 Å². The van der Waals surface area contributed by atoms with E-state index in [1.54, 1.807) is 19.1 Å². The molecule has 0 heterocycles. The maximum absolute atomic E-state index is 14.4. The van der Waals surface area contributed by atoms with Crippen molar-refractivity contribution in [2.24, 2.45) is 0 Å². The number of hydrogen-bond donors (Lipinski definition) is 0. The fourth-order valence-corrected chi connectivity index (χ4v) is 2.28. The average Bonchev–Trinajstić information content (AvgIpc) is 2.63. The summed E-state index contributed by atoms with van der Waals surface area (Å²) in [6.45, 7) is 11.5. The summed E-state index contributed by atoms with van der Waals surface area (Å²) >= 11 is 0. The van der Waals surface area contributed by atoms with Crippen LogP contribution >= 0.6 is 0 Å². The number of rotatable bonds is 4. The first-order valence-corrected chi connectivity index (χ1v) is 8.83. The summed E-state index contributed by atoms with van der Waals surface area (Å²) < 4.78 is 28.6. The predicted octanol–water partition coefficient (Wildman–Crippen LogP) is 7.88. The van der Waals surface area contributed by atoms with Crippen LogP contribution in [0.1, 0.15) is 52.2 Å². The molecule has 0 saturated carbocycles. The van der Waals surface area contributed by atoms with Crippen molar-refractivity contribution in [3.63, 3.8) is 0 Å². The topological polar surface area (TPSA) is 0 Å². The summed E-state index contributed by atoms with van der Waals surface area (Å²) in [5.74, 6) is -0.651. The number of aryl methyl sites for hydroxylation is 1. The lowest BCUT2D eigenvalue weighted by molar-refractivity contribution is 0.630. The molecular weight excluding hydrogens is 314 g/mol. The lowest BCUT2D eigenvalue weighted by Crippen LogP contribution is -1.90. The molecule has 0 aliphatic carbocycles. The van der Waals surface area contributed by atoms with Gasteiger partial charge >= 0.3 is 0 Å². The normalized spacial score (nSPS) is 12.2. The van der Waals surface area contributed by atoms with E-state index in [9.17, 15) is 8.78 Å². The van der Waals surface area contributed by atoms with Gasteiger partial charge in [-0.15, -0.1) is 0 Å². The average molecular weight is 342 g/mol. The van der Waals surface area contributed by atoms with Crippen LogP contribution in [0.4, 0.5) is 8.78 Å². The Morgan fingerprint density at radius 3 is 2.12 bits per heavy atom. The molecule has 0 amide bonds. The summed E-state index contributed by atoms with van der Waals surface area (Å²) in [5.41, 5.74) is 4.46. The van der Waals surface area contributed by atoms with Gasteiger partial charge in [0.15, 0.2) is 0 Å². The Balaban J connectivity index is 0.00000151. The number of benzene rings is 2. The van der Waals surface area contributed by atoms with Crippen molar-refractivity contribution < 1.29 is 8.78 Å². The SMILES string of the molecule is CC.CC/C(C)=C\C(F)=C(/C)c1ccc(-c2ccc(C)cc2)c(F)c1. The summed E-state index contributed by atoms with van der Waals surface area (Å²) in [5, 5.41) is 0. The van der Waals surface area contributed by atoms with E-state index in [1.807, 2.05) is 58.9 Å². The second-order valence-electron chi connectivity index (χ2n) is 5.88. The van der Waals surface area contributed by atoms with Gasteiger partial charge in [-0.2, -0.15) is 0 Å². The molecule has 0 aromatic heterocycles. The zero-order valence-corrected chi connectivity index (χ0v) is 16.1. The van der Waals surface area contributed by atoms with Gasteiger partial charge in [-0.1, -0.05) is 68.3 Å². The monoisotopic (exact) mass is 342 g/mol. The molecule has 0 aliphatic heterocycles. The molecule has 0 aliphatic rings. The molecule has 25 heavy (non-hydrogen) atoms. The van der Waals surface area contributed by atoms with Crippen molar-refractivity contribution in [3.8, 4) is 11.1 Å². The van der Waals surface area contributed by atoms with Crippen LogP contribution in [-0.4, -0.2) is 0 Å². The van der Waals surface area contributed by atoms with Crippen molar-refractivity contribution in [1.29, 1.82) is 0 Å². The first-order chi connectivity index (χ1) is 11.9. The van der Waals surface area contributed by atoms with Gasteiger partial charge in [-0.05, 0) is 56.0 Å². The molecule has 0 saturated heterocycles. The van der Waals surface area contributed by atoms with Gasteiger partial charge in [0.1, 0.15) is 11.6 Å². The van der Waals surface area contributed by atoms with E-state index in [2.05, 4.69) is 0 Å². The van der Waals surface area contributed by atoms with E-state index in [1.165, 1.54) is 12.1 Å². The summed E-state index contributed by atoms with van der Waals surface area (Å²) in [7, 11) is 0. The first kappa shape index (κ1) is 20.8. The lowest BCUT2D eigenvalue weighted by atomic mass is 9.99. The van der Waals surface area contributed by atoms with Crippen LogP contribution in [0.3, 0.4) is 0 Å². The summed E-state index contributed by atoms with van der Waals surface area (Å²) in [6.07, 6.45) is 2.31. The Labute approximate surface area is 150 Å². The van der Waals surface area contributed by atoms with E-state index in [-0.39, 0.29) is 11.6 Å². The third kappa shape index (κ3) is 5.67. The zero-order valence-electron chi connectivity index (χ0n) is 16.1. The van der Waals surface area contributed by atoms with E-state index in [0.717, 1.165) is 23.1 Å². The summed E-state index contributed by atoms with van der Waals surface area (Å²) in [6, 6.07) is 12.6. The Hall–Kier alpha value is -2.22. The van der Waals surface area contributed by atoms with E-state index in [4.69, 9.17) is 0 Å². The highest BCUT2D eigenvalue weighted by Gasteiger charge is 2.09. The van der Waals surface area contributed by atoms with Gasteiger partial charge in [-0.25, -0.2) is 8.78 Å². The molecule has 2 heteroatoms.